The van der Waals surface area contributed by atoms with Crippen LogP contribution in [-0.4, -0.2) is 38.2 Å². The summed E-state index contributed by atoms with van der Waals surface area (Å²) >= 11 is 1.40. The Hall–Kier alpha value is -1.87. The number of rotatable bonds is 5. The highest BCUT2D eigenvalue weighted by Gasteiger charge is 2.28. The van der Waals surface area contributed by atoms with Crippen LogP contribution >= 0.6 is 11.3 Å². The summed E-state index contributed by atoms with van der Waals surface area (Å²) in [7, 11) is -3.63. The smallest absolute Gasteiger partial charge is 0.306 e. The second-order valence-corrected chi connectivity index (χ2v) is 7.93. The monoisotopic (exact) mass is 356 g/mol. The van der Waals surface area contributed by atoms with Gasteiger partial charge in [-0.1, -0.05) is 0 Å². The average molecular weight is 356 g/mol. The van der Waals surface area contributed by atoms with Crippen LogP contribution in [0.2, 0.25) is 0 Å². The van der Waals surface area contributed by atoms with Gasteiger partial charge in [-0.3, -0.25) is 4.79 Å². The zero-order chi connectivity index (χ0) is 16.6. The fraction of sp³-hybridized carbons (Fsp3) is 0.429. The van der Waals surface area contributed by atoms with Gasteiger partial charge in [-0.25, -0.2) is 4.98 Å². The second kappa shape index (κ2) is 5.97. The molecule has 2 aromatic rings. The molecule has 1 N–H and O–H groups in total. The average Bonchev–Trinajstić information content (AvgIpc) is 3.05. The number of carbonyl (C=O) groups excluding carboxylic acids is 1. The van der Waals surface area contributed by atoms with Gasteiger partial charge in [-0.2, -0.15) is 8.42 Å². The van der Waals surface area contributed by atoms with Crippen molar-refractivity contribution < 1.29 is 22.1 Å². The van der Waals surface area contributed by atoms with E-state index in [1.165, 1.54) is 11.3 Å². The molecule has 2 atom stereocenters. The van der Waals surface area contributed by atoms with Crippen molar-refractivity contribution in [1.29, 1.82) is 0 Å². The van der Waals surface area contributed by atoms with E-state index in [4.69, 9.17) is 8.92 Å². The number of hydrogen-bond acceptors (Lipinski definition) is 7. The summed E-state index contributed by atoms with van der Waals surface area (Å²) in [6.45, 7) is 2.47. The summed E-state index contributed by atoms with van der Waals surface area (Å²) in [5, 5.41) is 2.78. The summed E-state index contributed by atoms with van der Waals surface area (Å²) in [5.41, 5.74) is 2.27. The van der Waals surface area contributed by atoms with Crippen LogP contribution in [0.4, 0.5) is 0 Å². The van der Waals surface area contributed by atoms with Crippen molar-refractivity contribution in [2.45, 2.75) is 19.4 Å². The van der Waals surface area contributed by atoms with E-state index >= 15 is 0 Å². The first-order valence-electron chi connectivity index (χ1n) is 7.02. The molecule has 1 aromatic carbocycles. The molecule has 23 heavy (non-hydrogen) atoms. The predicted molar refractivity (Wildman–Crippen MR) is 86.3 cm³/mol. The summed E-state index contributed by atoms with van der Waals surface area (Å²) in [6, 6.07) is 3.10. The number of ether oxygens (including phenoxy) is 1. The second-order valence-electron chi connectivity index (χ2n) is 5.50. The fourth-order valence-corrected chi connectivity index (χ4v) is 3.65. The molecule has 2 heterocycles. The van der Waals surface area contributed by atoms with E-state index in [9.17, 15) is 13.2 Å². The lowest BCUT2D eigenvalue weighted by molar-refractivity contribution is -0.119. The molecule has 1 aliphatic heterocycles. The van der Waals surface area contributed by atoms with Gasteiger partial charge in [0.15, 0.2) is 0 Å². The standard InChI is InChI=1S/C14H16N2O5S2/c1-8(9-3-13(17)15-6-9)20-12-5-10(21-23(2,18)19)4-11-14(12)22-7-16-11/h4-5,7-9H,3,6H2,1-2H3,(H,15,17)/t8-,9-/m1/s1. The number of hydrogen-bond donors (Lipinski definition) is 1. The molecule has 124 valence electrons. The van der Waals surface area contributed by atoms with Crippen LogP contribution in [0.5, 0.6) is 11.5 Å². The third-order valence-electron chi connectivity index (χ3n) is 3.60. The number of fused-ring (bicyclic) bond motifs is 1. The van der Waals surface area contributed by atoms with Gasteiger partial charge in [-0.15, -0.1) is 11.3 Å². The molecule has 1 amide bonds. The molecule has 0 bridgehead atoms. The van der Waals surface area contributed by atoms with E-state index in [1.807, 2.05) is 6.92 Å². The van der Waals surface area contributed by atoms with E-state index in [-0.39, 0.29) is 23.7 Å². The summed E-state index contributed by atoms with van der Waals surface area (Å²) < 4.78 is 34.4. The Balaban J connectivity index is 1.89. The van der Waals surface area contributed by atoms with E-state index in [0.29, 0.717) is 24.2 Å². The number of aromatic nitrogens is 1. The normalized spacial score (nSPS) is 19.6. The van der Waals surface area contributed by atoms with Crippen molar-refractivity contribution in [3.05, 3.63) is 17.6 Å². The first-order valence-corrected chi connectivity index (χ1v) is 9.71. The van der Waals surface area contributed by atoms with Gasteiger partial charge in [-0.05, 0) is 6.92 Å². The molecule has 1 aromatic heterocycles. The van der Waals surface area contributed by atoms with E-state index < -0.39 is 10.1 Å². The Morgan fingerprint density at radius 1 is 1.43 bits per heavy atom. The highest BCUT2D eigenvalue weighted by Crippen LogP contribution is 2.35. The van der Waals surface area contributed by atoms with E-state index in [2.05, 4.69) is 10.3 Å². The minimum Gasteiger partial charge on any atom is -0.489 e. The van der Waals surface area contributed by atoms with Crippen molar-refractivity contribution in [3.63, 3.8) is 0 Å². The van der Waals surface area contributed by atoms with Crippen molar-refractivity contribution in [1.82, 2.24) is 10.3 Å². The lowest BCUT2D eigenvalue weighted by Gasteiger charge is -2.20. The fourth-order valence-electron chi connectivity index (χ4n) is 2.48. The molecule has 1 fully saturated rings. The van der Waals surface area contributed by atoms with Crippen molar-refractivity contribution in [2.75, 3.05) is 12.8 Å². The zero-order valence-corrected chi connectivity index (χ0v) is 14.2. The summed E-state index contributed by atoms with van der Waals surface area (Å²) in [6.07, 6.45) is 1.21. The third kappa shape index (κ3) is 3.73. The molecule has 0 unspecified atom stereocenters. The van der Waals surface area contributed by atoms with Gasteiger partial charge >= 0.3 is 10.1 Å². The Morgan fingerprint density at radius 3 is 2.87 bits per heavy atom. The maximum absolute atomic E-state index is 11.3. The first-order chi connectivity index (χ1) is 10.8. The topological polar surface area (TPSA) is 94.6 Å². The number of nitrogens with zero attached hydrogens (tertiary/aromatic N) is 1. The Bertz CT molecular complexity index is 846. The molecule has 0 spiro atoms. The predicted octanol–water partition coefficient (Wildman–Crippen LogP) is 1.54. The number of benzene rings is 1. The molecule has 3 rings (SSSR count). The largest absolute Gasteiger partial charge is 0.489 e. The molecule has 1 aliphatic rings. The van der Waals surface area contributed by atoms with Gasteiger partial charge in [0, 0.05) is 31.0 Å². The number of thiazole rings is 1. The zero-order valence-electron chi connectivity index (χ0n) is 12.6. The van der Waals surface area contributed by atoms with Crippen LogP contribution in [0.3, 0.4) is 0 Å². The molecule has 0 saturated carbocycles. The summed E-state index contributed by atoms with van der Waals surface area (Å²) in [5.74, 6) is 0.761. The van der Waals surface area contributed by atoms with Crippen LogP contribution in [-0.2, 0) is 14.9 Å². The molecule has 9 heteroatoms. The minimum absolute atomic E-state index is 0.0162. The molecular formula is C14H16N2O5S2. The highest BCUT2D eigenvalue weighted by atomic mass is 32.2. The number of carbonyl (C=O) groups is 1. The van der Waals surface area contributed by atoms with Crippen LogP contribution in [0.25, 0.3) is 10.2 Å². The Kier molecular flexibility index (Phi) is 4.15. The van der Waals surface area contributed by atoms with Gasteiger partial charge in [0.05, 0.1) is 22.0 Å². The van der Waals surface area contributed by atoms with Gasteiger partial charge in [0.1, 0.15) is 17.6 Å². The number of amides is 1. The minimum atomic E-state index is -3.63. The Labute approximate surface area is 137 Å². The van der Waals surface area contributed by atoms with E-state index in [1.54, 1.807) is 17.6 Å². The molecule has 1 saturated heterocycles. The van der Waals surface area contributed by atoms with Crippen LogP contribution < -0.4 is 14.2 Å². The van der Waals surface area contributed by atoms with Gasteiger partial charge in [0.2, 0.25) is 5.91 Å². The highest BCUT2D eigenvalue weighted by molar-refractivity contribution is 7.86. The lowest BCUT2D eigenvalue weighted by Crippen LogP contribution is -2.25. The van der Waals surface area contributed by atoms with Crippen LogP contribution in [0.1, 0.15) is 13.3 Å². The maximum atomic E-state index is 11.3. The van der Waals surface area contributed by atoms with Gasteiger partial charge < -0.3 is 14.2 Å². The maximum Gasteiger partial charge on any atom is 0.306 e. The Morgan fingerprint density at radius 2 is 2.22 bits per heavy atom. The van der Waals surface area contributed by atoms with Crippen LogP contribution in [0, 0.1) is 5.92 Å². The van der Waals surface area contributed by atoms with Crippen molar-refractivity contribution in [2.24, 2.45) is 5.92 Å². The molecule has 0 radical (unpaired) electrons. The third-order valence-corrected chi connectivity index (χ3v) is 4.96. The molecular weight excluding hydrogens is 340 g/mol. The van der Waals surface area contributed by atoms with Crippen LogP contribution in [0.15, 0.2) is 17.6 Å². The van der Waals surface area contributed by atoms with Crippen molar-refractivity contribution >= 4 is 37.6 Å². The molecule has 7 nitrogen and oxygen atoms in total. The first kappa shape index (κ1) is 16.0. The quantitative estimate of drug-likeness (QED) is 0.817. The lowest BCUT2D eigenvalue weighted by atomic mass is 10.0. The molecule has 0 aliphatic carbocycles. The number of nitrogens with one attached hydrogen (secondary N) is 1. The van der Waals surface area contributed by atoms with Gasteiger partial charge in [0.25, 0.3) is 0 Å². The van der Waals surface area contributed by atoms with Crippen molar-refractivity contribution in [3.8, 4) is 11.5 Å². The van der Waals surface area contributed by atoms with E-state index in [0.717, 1.165) is 11.0 Å². The SMILES string of the molecule is C[C@@H](Oc1cc(OS(C)(=O)=O)cc2ncsc12)[C@H]1CNC(=O)C1. The summed E-state index contributed by atoms with van der Waals surface area (Å²) in [4.78, 5) is 15.5.